The summed E-state index contributed by atoms with van der Waals surface area (Å²) in [5.74, 6) is -0.601. The molecule has 1 N–H and O–H groups in total. The molecule has 3 heteroatoms. The first-order valence-electron chi connectivity index (χ1n) is 4.02. The second-order valence-electron chi connectivity index (χ2n) is 3.19. The predicted octanol–water partition coefficient (Wildman–Crippen LogP) is 1.39. The summed E-state index contributed by atoms with van der Waals surface area (Å²) < 4.78 is 0. The van der Waals surface area contributed by atoms with E-state index in [1.807, 2.05) is 6.92 Å². The minimum absolute atomic E-state index is 0.0696. The zero-order valence-electron chi connectivity index (χ0n) is 7.04. The van der Waals surface area contributed by atoms with Gasteiger partial charge in [0.15, 0.2) is 5.78 Å². The summed E-state index contributed by atoms with van der Waals surface area (Å²) in [6.07, 6.45) is 2.90. The Bertz CT molecular complexity index is 240. The third-order valence-electron chi connectivity index (χ3n) is 2.19. The van der Waals surface area contributed by atoms with E-state index >= 15 is 0 Å². The van der Waals surface area contributed by atoms with Crippen molar-refractivity contribution in [3.05, 3.63) is 11.6 Å². The van der Waals surface area contributed by atoms with E-state index in [1.54, 1.807) is 6.08 Å². The van der Waals surface area contributed by atoms with Crippen molar-refractivity contribution in [3.8, 4) is 0 Å². The Hall–Kier alpha value is -1.12. The maximum absolute atomic E-state index is 10.9. The number of hydrogen-bond acceptors (Lipinski definition) is 2. The molecule has 0 bridgehead atoms. The van der Waals surface area contributed by atoms with E-state index < -0.39 is 5.97 Å². The van der Waals surface area contributed by atoms with E-state index in [9.17, 15) is 9.59 Å². The molecule has 0 heterocycles. The Morgan fingerprint density at radius 1 is 1.75 bits per heavy atom. The van der Waals surface area contributed by atoms with E-state index in [-0.39, 0.29) is 18.1 Å². The number of rotatable bonds is 2. The average molecular weight is 168 g/mol. The monoisotopic (exact) mass is 168 g/mol. The van der Waals surface area contributed by atoms with Crippen LogP contribution in [0.5, 0.6) is 0 Å². The van der Waals surface area contributed by atoms with Crippen LogP contribution in [-0.4, -0.2) is 16.9 Å². The summed E-state index contributed by atoms with van der Waals surface area (Å²) in [6.45, 7) is 1.82. The van der Waals surface area contributed by atoms with Gasteiger partial charge in [0.05, 0.1) is 6.42 Å². The molecular formula is C9H12O3. The molecule has 66 valence electrons. The number of carbonyl (C=O) groups is 2. The van der Waals surface area contributed by atoms with Gasteiger partial charge in [-0.2, -0.15) is 0 Å². The zero-order valence-corrected chi connectivity index (χ0v) is 7.04. The molecule has 1 atom stereocenters. The number of hydrogen-bond donors (Lipinski definition) is 1. The van der Waals surface area contributed by atoms with Gasteiger partial charge in [0.25, 0.3) is 0 Å². The van der Waals surface area contributed by atoms with E-state index in [4.69, 9.17) is 5.11 Å². The van der Waals surface area contributed by atoms with Gasteiger partial charge in [-0.1, -0.05) is 5.57 Å². The SMILES string of the molecule is CC1=CC(=O)CCC1CC(=O)O. The Balaban J connectivity index is 2.62. The third kappa shape index (κ3) is 2.19. The van der Waals surface area contributed by atoms with E-state index in [0.717, 1.165) is 5.57 Å². The molecule has 0 radical (unpaired) electrons. The summed E-state index contributed by atoms with van der Waals surface area (Å²) >= 11 is 0. The van der Waals surface area contributed by atoms with Gasteiger partial charge in [0.2, 0.25) is 0 Å². The van der Waals surface area contributed by atoms with Crippen molar-refractivity contribution in [1.82, 2.24) is 0 Å². The molecule has 1 unspecified atom stereocenters. The Labute approximate surface area is 71.1 Å². The minimum Gasteiger partial charge on any atom is -0.481 e. The molecule has 0 aromatic heterocycles. The van der Waals surface area contributed by atoms with Crippen molar-refractivity contribution in [3.63, 3.8) is 0 Å². The van der Waals surface area contributed by atoms with Crippen LogP contribution in [0.25, 0.3) is 0 Å². The lowest BCUT2D eigenvalue weighted by Gasteiger charge is -2.18. The van der Waals surface area contributed by atoms with Gasteiger partial charge in [0.1, 0.15) is 0 Å². The molecule has 0 aromatic rings. The van der Waals surface area contributed by atoms with E-state index in [1.165, 1.54) is 0 Å². The quantitative estimate of drug-likeness (QED) is 0.677. The molecular weight excluding hydrogens is 156 g/mol. The van der Waals surface area contributed by atoms with Gasteiger partial charge >= 0.3 is 5.97 Å². The van der Waals surface area contributed by atoms with E-state index in [0.29, 0.717) is 12.8 Å². The number of carboxylic acid groups (broad SMARTS) is 1. The molecule has 0 spiro atoms. The Morgan fingerprint density at radius 3 is 2.92 bits per heavy atom. The molecule has 0 fully saturated rings. The molecule has 0 amide bonds. The highest BCUT2D eigenvalue weighted by Crippen LogP contribution is 2.25. The normalized spacial score (nSPS) is 23.6. The fraction of sp³-hybridized carbons (Fsp3) is 0.556. The highest BCUT2D eigenvalue weighted by molar-refractivity contribution is 5.91. The lowest BCUT2D eigenvalue weighted by molar-refractivity contribution is -0.138. The summed E-state index contributed by atoms with van der Waals surface area (Å²) in [5, 5.41) is 8.54. The first-order valence-corrected chi connectivity index (χ1v) is 4.02. The van der Waals surface area contributed by atoms with Crippen molar-refractivity contribution >= 4 is 11.8 Å². The predicted molar refractivity (Wildman–Crippen MR) is 43.7 cm³/mol. The van der Waals surface area contributed by atoms with Crippen LogP contribution in [0.1, 0.15) is 26.2 Å². The van der Waals surface area contributed by atoms with Gasteiger partial charge in [-0.25, -0.2) is 0 Å². The lowest BCUT2D eigenvalue weighted by Crippen LogP contribution is -2.15. The summed E-state index contributed by atoms with van der Waals surface area (Å²) in [5.41, 5.74) is 0.911. The summed E-state index contributed by atoms with van der Waals surface area (Å²) in [7, 11) is 0. The molecule has 0 aliphatic heterocycles. The topological polar surface area (TPSA) is 54.4 Å². The molecule has 0 aromatic carbocycles. The molecule has 0 saturated heterocycles. The van der Waals surface area contributed by atoms with Crippen molar-refractivity contribution in [2.45, 2.75) is 26.2 Å². The average Bonchev–Trinajstić information content (AvgIpc) is 1.94. The van der Waals surface area contributed by atoms with Crippen LogP contribution in [0.3, 0.4) is 0 Å². The van der Waals surface area contributed by atoms with Gasteiger partial charge in [-0.3, -0.25) is 9.59 Å². The lowest BCUT2D eigenvalue weighted by atomic mass is 9.86. The molecule has 3 nitrogen and oxygen atoms in total. The highest BCUT2D eigenvalue weighted by atomic mass is 16.4. The van der Waals surface area contributed by atoms with Crippen LogP contribution in [0.15, 0.2) is 11.6 Å². The Kier molecular flexibility index (Phi) is 2.63. The number of ketones is 1. The van der Waals surface area contributed by atoms with Crippen molar-refractivity contribution in [1.29, 1.82) is 0 Å². The molecule has 0 saturated carbocycles. The summed E-state index contributed by atoms with van der Waals surface area (Å²) in [4.78, 5) is 21.3. The van der Waals surface area contributed by atoms with Gasteiger partial charge in [-0.05, 0) is 25.3 Å². The van der Waals surface area contributed by atoms with Gasteiger partial charge in [0, 0.05) is 6.42 Å². The van der Waals surface area contributed by atoms with Crippen LogP contribution in [-0.2, 0) is 9.59 Å². The standard InChI is InChI=1S/C9H12O3/c1-6-4-8(10)3-2-7(6)5-9(11)12/h4,7H,2-3,5H2,1H3,(H,11,12). The molecule has 12 heavy (non-hydrogen) atoms. The van der Waals surface area contributed by atoms with E-state index in [2.05, 4.69) is 0 Å². The molecule has 1 aliphatic carbocycles. The first kappa shape index (κ1) is 8.97. The maximum Gasteiger partial charge on any atom is 0.303 e. The van der Waals surface area contributed by atoms with Crippen LogP contribution in [0.2, 0.25) is 0 Å². The van der Waals surface area contributed by atoms with Gasteiger partial charge < -0.3 is 5.11 Å². The number of carbonyl (C=O) groups excluding carboxylic acids is 1. The fourth-order valence-corrected chi connectivity index (χ4v) is 1.46. The largest absolute Gasteiger partial charge is 0.481 e. The Morgan fingerprint density at radius 2 is 2.42 bits per heavy atom. The van der Waals surface area contributed by atoms with Crippen LogP contribution in [0, 0.1) is 5.92 Å². The first-order chi connectivity index (χ1) is 5.59. The number of carboxylic acids is 1. The smallest absolute Gasteiger partial charge is 0.303 e. The molecule has 1 aliphatic rings. The van der Waals surface area contributed by atoms with Crippen molar-refractivity contribution in [2.24, 2.45) is 5.92 Å². The van der Waals surface area contributed by atoms with Gasteiger partial charge in [-0.15, -0.1) is 0 Å². The summed E-state index contributed by atoms with van der Waals surface area (Å²) in [6, 6.07) is 0. The minimum atomic E-state index is -0.790. The van der Waals surface area contributed by atoms with Crippen molar-refractivity contribution in [2.75, 3.05) is 0 Å². The van der Waals surface area contributed by atoms with Crippen LogP contribution < -0.4 is 0 Å². The second kappa shape index (κ2) is 3.52. The fourth-order valence-electron chi connectivity index (χ4n) is 1.46. The number of allylic oxidation sites excluding steroid dienone is 2. The highest BCUT2D eigenvalue weighted by Gasteiger charge is 2.20. The second-order valence-corrected chi connectivity index (χ2v) is 3.19. The van der Waals surface area contributed by atoms with Crippen LogP contribution >= 0.6 is 0 Å². The van der Waals surface area contributed by atoms with Crippen LogP contribution in [0.4, 0.5) is 0 Å². The maximum atomic E-state index is 10.9. The zero-order chi connectivity index (χ0) is 9.14. The molecule has 1 rings (SSSR count). The number of aliphatic carboxylic acids is 1. The third-order valence-corrected chi connectivity index (χ3v) is 2.19. The van der Waals surface area contributed by atoms with Crippen molar-refractivity contribution < 1.29 is 14.7 Å².